The van der Waals surface area contributed by atoms with Crippen molar-refractivity contribution in [2.45, 2.75) is 37.8 Å². The SMILES string of the molecule is CCc1cn(C2CC(O)(CN)C2)c2ncnc(N)c12. The van der Waals surface area contributed by atoms with Gasteiger partial charge in [-0.3, -0.25) is 0 Å². The van der Waals surface area contributed by atoms with Crippen LogP contribution in [0.5, 0.6) is 0 Å². The average molecular weight is 261 g/mol. The van der Waals surface area contributed by atoms with Crippen molar-refractivity contribution in [3.63, 3.8) is 0 Å². The number of nitrogen functional groups attached to an aromatic ring is 1. The van der Waals surface area contributed by atoms with Crippen molar-refractivity contribution < 1.29 is 5.11 Å². The van der Waals surface area contributed by atoms with E-state index in [0.29, 0.717) is 25.2 Å². The first-order chi connectivity index (χ1) is 9.08. The van der Waals surface area contributed by atoms with Crippen LogP contribution in [0.3, 0.4) is 0 Å². The lowest BCUT2D eigenvalue weighted by Crippen LogP contribution is -2.50. The van der Waals surface area contributed by atoms with Crippen molar-refractivity contribution in [2.75, 3.05) is 12.3 Å². The number of hydrogen-bond acceptors (Lipinski definition) is 5. The van der Waals surface area contributed by atoms with E-state index in [1.165, 1.54) is 6.33 Å². The highest BCUT2D eigenvalue weighted by Gasteiger charge is 2.43. The van der Waals surface area contributed by atoms with Crippen molar-refractivity contribution in [1.82, 2.24) is 14.5 Å². The van der Waals surface area contributed by atoms with E-state index in [2.05, 4.69) is 27.7 Å². The normalized spacial score (nSPS) is 26.6. The van der Waals surface area contributed by atoms with Gasteiger partial charge in [0, 0.05) is 18.8 Å². The zero-order valence-electron chi connectivity index (χ0n) is 11.0. The number of hydrogen-bond donors (Lipinski definition) is 3. The average Bonchev–Trinajstić information content (AvgIpc) is 2.75. The highest BCUT2D eigenvalue weighted by Crippen LogP contribution is 2.43. The van der Waals surface area contributed by atoms with Gasteiger partial charge in [-0.15, -0.1) is 0 Å². The van der Waals surface area contributed by atoms with Gasteiger partial charge in [0.15, 0.2) is 0 Å². The number of aryl methyl sites for hydroxylation is 1. The Labute approximate surface area is 111 Å². The van der Waals surface area contributed by atoms with Gasteiger partial charge in [-0.05, 0) is 24.8 Å². The number of fused-ring (bicyclic) bond motifs is 1. The fraction of sp³-hybridized carbons (Fsp3) is 0.538. The molecule has 1 aliphatic carbocycles. The highest BCUT2D eigenvalue weighted by atomic mass is 16.3. The Kier molecular flexibility index (Phi) is 2.72. The molecular formula is C13H19N5O. The quantitative estimate of drug-likeness (QED) is 0.750. The Morgan fingerprint density at radius 3 is 2.84 bits per heavy atom. The van der Waals surface area contributed by atoms with Crippen LogP contribution < -0.4 is 11.5 Å². The highest BCUT2D eigenvalue weighted by molar-refractivity contribution is 5.89. The largest absolute Gasteiger partial charge is 0.388 e. The summed E-state index contributed by atoms with van der Waals surface area (Å²) >= 11 is 0. The number of nitrogens with zero attached hydrogens (tertiary/aromatic N) is 3. The molecule has 0 aliphatic heterocycles. The molecule has 1 aliphatic rings. The maximum Gasteiger partial charge on any atom is 0.146 e. The van der Waals surface area contributed by atoms with Gasteiger partial charge in [-0.1, -0.05) is 6.92 Å². The lowest BCUT2D eigenvalue weighted by molar-refractivity contribution is -0.0579. The van der Waals surface area contributed by atoms with Gasteiger partial charge >= 0.3 is 0 Å². The summed E-state index contributed by atoms with van der Waals surface area (Å²) in [5.74, 6) is 0.522. The van der Waals surface area contributed by atoms with Crippen molar-refractivity contribution in [2.24, 2.45) is 5.73 Å². The fourth-order valence-corrected chi connectivity index (χ4v) is 2.91. The summed E-state index contributed by atoms with van der Waals surface area (Å²) in [6.07, 6.45) is 5.79. The summed E-state index contributed by atoms with van der Waals surface area (Å²) in [7, 11) is 0. The summed E-state index contributed by atoms with van der Waals surface area (Å²) in [6.45, 7) is 2.39. The molecule has 19 heavy (non-hydrogen) atoms. The van der Waals surface area contributed by atoms with Crippen LogP contribution in [0.1, 0.15) is 31.4 Å². The summed E-state index contributed by atoms with van der Waals surface area (Å²) in [6, 6.07) is 0.241. The number of aliphatic hydroxyl groups is 1. The molecule has 0 amide bonds. The minimum Gasteiger partial charge on any atom is -0.388 e. The lowest BCUT2D eigenvalue weighted by Gasteiger charge is -2.43. The van der Waals surface area contributed by atoms with Crippen LogP contribution in [0.4, 0.5) is 5.82 Å². The van der Waals surface area contributed by atoms with Crippen molar-refractivity contribution >= 4 is 16.9 Å². The van der Waals surface area contributed by atoms with Gasteiger partial charge < -0.3 is 21.1 Å². The smallest absolute Gasteiger partial charge is 0.146 e. The molecule has 6 nitrogen and oxygen atoms in total. The predicted octanol–water partition coefficient (Wildman–Crippen LogP) is 0.601. The van der Waals surface area contributed by atoms with E-state index in [9.17, 15) is 5.11 Å². The molecular weight excluding hydrogens is 242 g/mol. The minimum absolute atomic E-state index is 0.241. The zero-order chi connectivity index (χ0) is 13.6. The van der Waals surface area contributed by atoms with E-state index in [4.69, 9.17) is 11.5 Å². The predicted molar refractivity (Wildman–Crippen MR) is 73.6 cm³/mol. The van der Waals surface area contributed by atoms with Crippen LogP contribution in [-0.2, 0) is 6.42 Å². The van der Waals surface area contributed by atoms with Gasteiger partial charge in [-0.2, -0.15) is 0 Å². The van der Waals surface area contributed by atoms with Gasteiger partial charge in [0.25, 0.3) is 0 Å². The van der Waals surface area contributed by atoms with Crippen molar-refractivity contribution in [3.8, 4) is 0 Å². The second-order valence-electron chi connectivity index (χ2n) is 5.36. The van der Waals surface area contributed by atoms with Crippen LogP contribution in [0, 0.1) is 0 Å². The third-order valence-corrected chi connectivity index (χ3v) is 4.10. The zero-order valence-corrected chi connectivity index (χ0v) is 11.0. The van der Waals surface area contributed by atoms with E-state index in [1.807, 2.05) is 0 Å². The molecule has 0 saturated heterocycles. The molecule has 6 heteroatoms. The van der Waals surface area contributed by atoms with E-state index < -0.39 is 5.60 Å². The Morgan fingerprint density at radius 2 is 2.21 bits per heavy atom. The Balaban J connectivity index is 2.04. The standard InChI is InChI=1S/C13H19N5O/c1-2-8-5-18(9-3-13(19,4-9)6-14)12-10(8)11(15)16-7-17-12/h5,7,9,19H,2-4,6,14H2,1H3,(H2,15,16,17). The van der Waals surface area contributed by atoms with E-state index in [-0.39, 0.29) is 6.04 Å². The molecule has 102 valence electrons. The topological polar surface area (TPSA) is 103 Å². The van der Waals surface area contributed by atoms with Crippen LogP contribution >= 0.6 is 0 Å². The summed E-state index contributed by atoms with van der Waals surface area (Å²) in [4.78, 5) is 8.41. The van der Waals surface area contributed by atoms with E-state index >= 15 is 0 Å². The summed E-state index contributed by atoms with van der Waals surface area (Å²) in [5, 5.41) is 11.0. The lowest BCUT2D eigenvalue weighted by atomic mass is 9.75. The molecule has 3 rings (SSSR count). The molecule has 0 atom stereocenters. The third kappa shape index (κ3) is 1.79. The molecule has 2 aromatic rings. The first-order valence-corrected chi connectivity index (χ1v) is 6.60. The monoisotopic (exact) mass is 261 g/mol. The maximum absolute atomic E-state index is 10.0. The third-order valence-electron chi connectivity index (χ3n) is 4.10. The number of nitrogens with two attached hydrogens (primary N) is 2. The molecule has 0 spiro atoms. The molecule has 5 N–H and O–H groups in total. The number of anilines is 1. The van der Waals surface area contributed by atoms with Gasteiger partial charge in [-0.25, -0.2) is 9.97 Å². The van der Waals surface area contributed by atoms with Crippen LogP contribution in [0.25, 0.3) is 11.0 Å². The van der Waals surface area contributed by atoms with Gasteiger partial charge in [0.2, 0.25) is 0 Å². The molecule has 0 bridgehead atoms. The van der Waals surface area contributed by atoms with Crippen LogP contribution in [-0.4, -0.2) is 31.8 Å². The van der Waals surface area contributed by atoms with Crippen molar-refractivity contribution in [1.29, 1.82) is 0 Å². The van der Waals surface area contributed by atoms with Crippen LogP contribution in [0.15, 0.2) is 12.5 Å². The first kappa shape index (κ1) is 12.4. The van der Waals surface area contributed by atoms with Gasteiger partial charge in [0.05, 0.1) is 11.0 Å². The molecule has 0 radical (unpaired) electrons. The van der Waals surface area contributed by atoms with Gasteiger partial charge in [0.1, 0.15) is 17.8 Å². The second-order valence-corrected chi connectivity index (χ2v) is 5.36. The van der Waals surface area contributed by atoms with E-state index in [1.54, 1.807) is 0 Å². The maximum atomic E-state index is 10.0. The second kappa shape index (κ2) is 4.18. The Hall–Kier alpha value is -1.66. The molecule has 0 unspecified atom stereocenters. The summed E-state index contributed by atoms with van der Waals surface area (Å²) < 4.78 is 2.11. The first-order valence-electron chi connectivity index (χ1n) is 6.60. The van der Waals surface area contributed by atoms with Crippen molar-refractivity contribution in [3.05, 3.63) is 18.1 Å². The number of rotatable bonds is 3. The molecule has 0 aromatic carbocycles. The molecule has 2 heterocycles. The van der Waals surface area contributed by atoms with Crippen LogP contribution in [0.2, 0.25) is 0 Å². The number of aromatic nitrogens is 3. The molecule has 1 saturated carbocycles. The molecule has 1 fully saturated rings. The Bertz CT molecular complexity index is 615. The molecule has 2 aromatic heterocycles. The minimum atomic E-state index is -0.716. The Morgan fingerprint density at radius 1 is 1.47 bits per heavy atom. The summed E-state index contributed by atoms with van der Waals surface area (Å²) in [5.41, 5.74) is 12.8. The van der Waals surface area contributed by atoms with E-state index in [0.717, 1.165) is 23.0 Å². The fourth-order valence-electron chi connectivity index (χ4n) is 2.91.